The van der Waals surface area contributed by atoms with Crippen LogP contribution in [-0.2, 0) is 29.1 Å². The highest BCUT2D eigenvalue weighted by molar-refractivity contribution is 5.98. The van der Waals surface area contributed by atoms with E-state index in [0.717, 1.165) is 12.8 Å². The van der Waals surface area contributed by atoms with Crippen LogP contribution in [0.1, 0.15) is 96.2 Å². The summed E-state index contributed by atoms with van der Waals surface area (Å²) in [5.41, 5.74) is 26.8. The first-order valence-corrected chi connectivity index (χ1v) is 24.1. The lowest BCUT2D eigenvalue weighted by Crippen LogP contribution is -2.29. The topological polar surface area (TPSA) is 3.24 Å². The van der Waals surface area contributed by atoms with Crippen molar-refractivity contribution < 1.29 is 0 Å². The Morgan fingerprint density at radius 1 is 0.333 bits per heavy atom. The Morgan fingerprint density at radius 3 is 1.36 bits per heavy atom. The van der Waals surface area contributed by atoms with Crippen molar-refractivity contribution in [3.63, 3.8) is 0 Å². The lowest BCUT2D eigenvalue weighted by atomic mass is 9.67. The maximum Gasteiger partial charge on any atom is 0.0714 e. The molecule has 0 aromatic heterocycles. The van der Waals surface area contributed by atoms with E-state index in [1.165, 1.54) is 130 Å². The quantitative estimate of drug-likeness (QED) is 0.161. The van der Waals surface area contributed by atoms with E-state index in [0.29, 0.717) is 0 Å². The van der Waals surface area contributed by atoms with Crippen LogP contribution in [0, 0.1) is 0 Å². The van der Waals surface area contributed by atoms with E-state index in [4.69, 9.17) is 0 Å². The third kappa shape index (κ3) is 5.47. The minimum atomic E-state index is -0.549. The van der Waals surface area contributed by atoms with Gasteiger partial charge in [0.2, 0.25) is 0 Å². The lowest BCUT2D eigenvalue weighted by molar-refractivity contribution is 0.660. The first-order chi connectivity index (χ1) is 32.2. The van der Waals surface area contributed by atoms with Gasteiger partial charge in [-0.25, -0.2) is 0 Å². The minimum Gasteiger partial charge on any atom is -0.310 e. The zero-order valence-corrected chi connectivity index (χ0v) is 38.3. The van der Waals surface area contributed by atoms with Crippen LogP contribution in [0.15, 0.2) is 200 Å². The Balaban J connectivity index is 1.15. The first kappa shape index (κ1) is 39.2. The Bertz CT molecular complexity index is 3280. The fourth-order valence-corrected chi connectivity index (χ4v) is 12.9. The average Bonchev–Trinajstić information content (AvgIpc) is 3.88. The van der Waals surface area contributed by atoms with Crippen LogP contribution in [0.2, 0.25) is 0 Å². The summed E-state index contributed by atoms with van der Waals surface area (Å²) in [5.74, 6) is 0. The fraction of sp³-hybridized carbons (Fsp3) is 0.169. The van der Waals surface area contributed by atoms with Gasteiger partial charge >= 0.3 is 0 Å². The lowest BCUT2D eigenvalue weighted by Gasteiger charge is -2.36. The number of benzene rings is 9. The van der Waals surface area contributed by atoms with Crippen LogP contribution in [0.3, 0.4) is 0 Å². The Hall–Kier alpha value is -7.22. The van der Waals surface area contributed by atoms with Crippen molar-refractivity contribution in [3.05, 3.63) is 256 Å². The average molecular weight is 848 g/mol. The number of anilines is 3. The van der Waals surface area contributed by atoms with Crippen molar-refractivity contribution in [3.8, 4) is 44.5 Å². The first-order valence-electron chi connectivity index (χ1n) is 24.1. The molecule has 0 saturated heterocycles. The van der Waals surface area contributed by atoms with Crippen molar-refractivity contribution in [2.75, 3.05) is 4.90 Å². The van der Waals surface area contributed by atoms with E-state index in [1.807, 2.05) is 0 Å². The Labute approximate surface area is 390 Å². The molecule has 0 amide bonds. The van der Waals surface area contributed by atoms with Gasteiger partial charge in [-0.2, -0.15) is 0 Å². The molecule has 4 aliphatic rings. The molecule has 66 heavy (non-hydrogen) atoms. The summed E-state index contributed by atoms with van der Waals surface area (Å²) < 4.78 is 0. The van der Waals surface area contributed by atoms with Crippen LogP contribution in [0.5, 0.6) is 0 Å². The van der Waals surface area contributed by atoms with Crippen molar-refractivity contribution in [1.29, 1.82) is 0 Å². The maximum atomic E-state index is 2.62. The van der Waals surface area contributed by atoms with Crippen molar-refractivity contribution in [2.45, 2.75) is 69.6 Å². The van der Waals surface area contributed by atoms with Gasteiger partial charge in [0.25, 0.3) is 0 Å². The van der Waals surface area contributed by atoms with E-state index in [-0.39, 0.29) is 10.8 Å². The predicted molar refractivity (Wildman–Crippen MR) is 276 cm³/mol. The number of hydrogen-bond acceptors (Lipinski definition) is 1. The highest BCUT2D eigenvalue weighted by Gasteiger charge is 2.47. The predicted octanol–water partition coefficient (Wildman–Crippen LogP) is 16.7. The van der Waals surface area contributed by atoms with Gasteiger partial charge in [-0.1, -0.05) is 191 Å². The molecule has 0 heterocycles. The van der Waals surface area contributed by atoms with Crippen LogP contribution < -0.4 is 4.90 Å². The number of rotatable bonds is 6. The van der Waals surface area contributed by atoms with E-state index in [9.17, 15) is 0 Å². The van der Waals surface area contributed by atoms with Crippen LogP contribution in [0.4, 0.5) is 17.1 Å². The molecule has 0 bridgehead atoms. The highest BCUT2D eigenvalue weighted by Crippen LogP contribution is 2.60. The summed E-state index contributed by atoms with van der Waals surface area (Å²) in [6.07, 6.45) is 4.79. The molecule has 9 aromatic rings. The second-order valence-electron chi connectivity index (χ2n) is 20.3. The SMILES string of the molecule is CC1(C)c2ccccc2-c2ccc(N(c3ccc4c(c3)C(C)(C)c3ccccc3-4)c3cc4c(cc3-c3ccc5c(c3)CCCC5)-c3ccccc3C4(c3ccccc3)c3ccccc3)cc21. The van der Waals surface area contributed by atoms with E-state index in [1.54, 1.807) is 0 Å². The number of fused-ring (bicyclic) bond motifs is 10. The zero-order chi connectivity index (χ0) is 44.4. The molecule has 0 spiro atoms. The normalized spacial score (nSPS) is 16.0. The van der Waals surface area contributed by atoms with E-state index in [2.05, 4.69) is 233 Å². The molecule has 0 N–H and O–H groups in total. The molecule has 13 rings (SSSR count). The fourth-order valence-electron chi connectivity index (χ4n) is 12.9. The van der Waals surface area contributed by atoms with Crippen molar-refractivity contribution in [1.82, 2.24) is 0 Å². The molecule has 0 fully saturated rings. The van der Waals surface area contributed by atoms with E-state index >= 15 is 0 Å². The summed E-state index contributed by atoms with van der Waals surface area (Å²) in [5, 5.41) is 0. The number of aryl methyl sites for hydroxylation is 2. The summed E-state index contributed by atoms with van der Waals surface area (Å²) in [4.78, 5) is 2.62. The molecule has 0 radical (unpaired) electrons. The number of nitrogens with zero attached hydrogens (tertiary/aromatic N) is 1. The standard InChI is InChI=1S/C65H53N/c1-63(2)56-28-16-13-25-49(56)52-35-33-47(38-59(52)63)66(48-34-36-53-50-26-14-17-29-57(50)64(3,4)60(53)39-48)62-41-61-55(40-54(62)44-32-31-42-19-11-12-20-43(42)37-44)51-27-15-18-30-58(51)65(61,45-21-7-5-8-22-45)46-23-9-6-10-24-46/h5-10,13-18,21-41H,11-12,19-20H2,1-4H3. The zero-order valence-electron chi connectivity index (χ0n) is 38.3. The maximum absolute atomic E-state index is 2.62. The summed E-state index contributed by atoms with van der Waals surface area (Å²) in [6, 6.07) is 76.9. The third-order valence-electron chi connectivity index (χ3n) is 16.1. The molecule has 4 aliphatic carbocycles. The molecule has 318 valence electrons. The van der Waals surface area contributed by atoms with Crippen LogP contribution in [0.25, 0.3) is 44.5 Å². The second kappa shape index (κ2) is 14.4. The van der Waals surface area contributed by atoms with Crippen LogP contribution >= 0.6 is 0 Å². The molecular weight excluding hydrogens is 795 g/mol. The largest absolute Gasteiger partial charge is 0.310 e. The second-order valence-corrected chi connectivity index (χ2v) is 20.3. The summed E-state index contributed by atoms with van der Waals surface area (Å²) >= 11 is 0. The number of hydrogen-bond donors (Lipinski definition) is 0. The molecular formula is C65H53N. The molecule has 1 heteroatoms. The summed E-state index contributed by atoms with van der Waals surface area (Å²) in [6.45, 7) is 9.61. The third-order valence-corrected chi connectivity index (χ3v) is 16.1. The van der Waals surface area contributed by atoms with Gasteiger partial charge < -0.3 is 4.90 Å². The highest BCUT2D eigenvalue weighted by atomic mass is 15.1. The summed E-state index contributed by atoms with van der Waals surface area (Å²) in [7, 11) is 0. The van der Waals surface area contributed by atoms with Gasteiger partial charge in [0, 0.05) is 27.8 Å². The molecule has 1 nitrogen and oxygen atoms in total. The minimum absolute atomic E-state index is 0.161. The van der Waals surface area contributed by atoms with Gasteiger partial charge in [-0.3, -0.25) is 0 Å². The molecule has 0 unspecified atom stereocenters. The van der Waals surface area contributed by atoms with Gasteiger partial charge in [-0.15, -0.1) is 0 Å². The smallest absolute Gasteiger partial charge is 0.0714 e. The molecule has 9 aromatic carbocycles. The van der Waals surface area contributed by atoms with Gasteiger partial charge in [0.15, 0.2) is 0 Å². The van der Waals surface area contributed by atoms with Gasteiger partial charge in [-0.05, 0) is 157 Å². The van der Waals surface area contributed by atoms with Gasteiger partial charge in [0.05, 0.1) is 11.1 Å². The van der Waals surface area contributed by atoms with Crippen molar-refractivity contribution >= 4 is 17.1 Å². The Morgan fingerprint density at radius 2 is 0.803 bits per heavy atom. The van der Waals surface area contributed by atoms with Gasteiger partial charge in [0.1, 0.15) is 0 Å². The monoisotopic (exact) mass is 847 g/mol. The molecule has 0 saturated carbocycles. The molecule has 0 atom stereocenters. The molecule has 0 aliphatic heterocycles. The van der Waals surface area contributed by atoms with E-state index < -0.39 is 5.41 Å². The van der Waals surface area contributed by atoms with Crippen molar-refractivity contribution in [2.24, 2.45) is 0 Å². The van der Waals surface area contributed by atoms with Crippen LogP contribution in [-0.4, -0.2) is 0 Å². The Kier molecular flexibility index (Phi) is 8.54.